The summed E-state index contributed by atoms with van der Waals surface area (Å²) < 4.78 is 0. The van der Waals surface area contributed by atoms with Gasteiger partial charge in [0.1, 0.15) is 11.1 Å². The van der Waals surface area contributed by atoms with Crippen molar-refractivity contribution in [3.05, 3.63) is 16.0 Å². The molecule has 5 heteroatoms. The van der Waals surface area contributed by atoms with E-state index in [1.807, 2.05) is 13.8 Å². The molecule has 0 spiro atoms. The smallest absolute Gasteiger partial charge is 0.225 e. The fraction of sp³-hybridized carbons (Fsp3) is 0.600. The van der Waals surface area contributed by atoms with Gasteiger partial charge in [-0.1, -0.05) is 13.8 Å². The number of aryl methyl sites for hydroxylation is 1. The first-order valence-corrected chi connectivity index (χ1v) is 7.62. The standard InChI is InChI=1S/C15H23N3OS/c1-10-11(2)20-14(12(10)9-17)18-13(19)5-6-15(3,4)7-8-16/h5-8,16H2,1-4H3,(H,18,19). The lowest BCUT2D eigenvalue weighted by atomic mass is 9.84. The Labute approximate surface area is 125 Å². The molecule has 0 saturated heterocycles. The number of carbonyl (C=O) groups is 1. The van der Waals surface area contributed by atoms with E-state index in [-0.39, 0.29) is 11.3 Å². The first kappa shape index (κ1) is 16.7. The Hall–Kier alpha value is -1.38. The van der Waals surface area contributed by atoms with Gasteiger partial charge < -0.3 is 11.1 Å². The number of carbonyl (C=O) groups excluding carboxylic acids is 1. The number of nitrogens with two attached hydrogens (primary N) is 1. The van der Waals surface area contributed by atoms with Gasteiger partial charge in [-0.15, -0.1) is 11.3 Å². The van der Waals surface area contributed by atoms with Gasteiger partial charge in [0.05, 0.1) is 5.56 Å². The van der Waals surface area contributed by atoms with Crippen molar-refractivity contribution >= 4 is 22.2 Å². The SMILES string of the molecule is Cc1sc(NC(=O)CCC(C)(C)CCN)c(C#N)c1C. The zero-order valence-corrected chi connectivity index (χ0v) is 13.5. The summed E-state index contributed by atoms with van der Waals surface area (Å²) in [5, 5.41) is 12.7. The van der Waals surface area contributed by atoms with E-state index in [1.165, 1.54) is 11.3 Å². The molecule has 0 saturated carbocycles. The van der Waals surface area contributed by atoms with Crippen LogP contribution in [-0.4, -0.2) is 12.5 Å². The van der Waals surface area contributed by atoms with E-state index < -0.39 is 0 Å². The molecule has 0 aliphatic carbocycles. The lowest BCUT2D eigenvalue weighted by molar-refractivity contribution is -0.116. The summed E-state index contributed by atoms with van der Waals surface area (Å²) >= 11 is 1.46. The maximum absolute atomic E-state index is 12.0. The van der Waals surface area contributed by atoms with Crippen molar-refractivity contribution in [2.45, 2.75) is 47.0 Å². The molecule has 1 heterocycles. The molecular weight excluding hydrogens is 270 g/mol. The van der Waals surface area contributed by atoms with Crippen LogP contribution in [0.1, 0.15) is 49.1 Å². The van der Waals surface area contributed by atoms with Gasteiger partial charge in [0.15, 0.2) is 0 Å². The highest BCUT2D eigenvalue weighted by Gasteiger charge is 2.20. The van der Waals surface area contributed by atoms with Crippen molar-refractivity contribution in [3.8, 4) is 6.07 Å². The Morgan fingerprint density at radius 3 is 2.60 bits per heavy atom. The summed E-state index contributed by atoms with van der Waals surface area (Å²) in [6.45, 7) is 8.74. The molecule has 0 radical (unpaired) electrons. The predicted octanol–water partition coefficient (Wildman–Crippen LogP) is 3.33. The minimum atomic E-state index is -0.0344. The van der Waals surface area contributed by atoms with Crippen LogP contribution in [0.15, 0.2) is 0 Å². The molecular formula is C15H23N3OS. The van der Waals surface area contributed by atoms with Crippen LogP contribution in [0.3, 0.4) is 0 Å². The third-order valence-electron chi connectivity index (χ3n) is 3.60. The average molecular weight is 293 g/mol. The van der Waals surface area contributed by atoms with Gasteiger partial charge in [-0.05, 0) is 44.2 Å². The molecule has 1 amide bonds. The van der Waals surface area contributed by atoms with Crippen molar-refractivity contribution in [3.63, 3.8) is 0 Å². The molecule has 0 aliphatic rings. The number of thiophene rings is 1. The Morgan fingerprint density at radius 2 is 2.05 bits per heavy atom. The van der Waals surface area contributed by atoms with Crippen molar-refractivity contribution < 1.29 is 4.79 Å². The number of nitrogens with zero attached hydrogens (tertiary/aromatic N) is 1. The van der Waals surface area contributed by atoms with Gasteiger partial charge in [-0.25, -0.2) is 0 Å². The molecule has 0 aromatic carbocycles. The molecule has 110 valence electrons. The number of anilines is 1. The van der Waals surface area contributed by atoms with E-state index in [1.54, 1.807) is 0 Å². The molecule has 4 nitrogen and oxygen atoms in total. The van der Waals surface area contributed by atoms with E-state index in [4.69, 9.17) is 11.0 Å². The zero-order chi connectivity index (χ0) is 15.3. The summed E-state index contributed by atoms with van der Waals surface area (Å²) in [5.74, 6) is -0.0344. The van der Waals surface area contributed by atoms with Crippen molar-refractivity contribution in [1.29, 1.82) is 5.26 Å². The Balaban J connectivity index is 2.64. The molecule has 0 atom stereocenters. The molecule has 20 heavy (non-hydrogen) atoms. The van der Waals surface area contributed by atoms with Crippen molar-refractivity contribution in [2.24, 2.45) is 11.1 Å². The zero-order valence-electron chi connectivity index (χ0n) is 12.7. The van der Waals surface area contributed by atoms with Crippen LogP contribution in [0.25, 0.3) is 0 Å². The monoisotopic (exact) mass is 293 g/mol. The van der Waals surface area contributed by atoms with Gasteiger partial charge in [0.2, 0.25) is 5.91 Å². The number of nitriles is 1. The van der Waals surface area contributed by atoms with E-state index in [0.717, 1.165) is 23.3 Å². The van der Waals surface area contributed by atoms with Gasteiger partial charge in [-0.2, -0.15) is 5.26 Å². The fourth-order valence-electron chi connectivity index (χ4n) is 2.01. The van der Waals surface area contributed by atoms with Gasteiger partial charge in [-0.3, -0.25) is 4.79 Å². The third kappa shape index (κ3) is 4.32. The van der Waals surface area contributed by atoms with E-state index in [2.05, 4.69) is 25.2 Å². The van der Waals surface area contributed by atoms with Crippen molar-refractivity contribution in [1.82, 2.24) is 0 Å². The molecule has 1 aromatic heterocycles. The topological polar surface area (TPSA) is 78.9 Å². The summed E-state index contributed by atoms with van der Waals surface area (Å²) in [5.41, 5.74) is 7.18. The van der Waals surface area contributed by atoms with Crippen LogP contribution in [0.5, 0.6) is 0 Å². The Morgan fingerprint density at radius 1 is 1.40 bits per heavy atom. The number of nitrogens with one attached hydrogen (secondary N) is 1. The third-order valence-corrected chi connectivity index (χ3v) is 4.72. The maximum Gasteiger partial charge on any atom is 0.225 e. The van der Waals surface area contributed by atoms with Crippen LogP contribution in [0, 0.1) is 30.6 Å². The first-order valence-electron chi connectivity index (χ1n) is 6.80. The number of amides is 1. The lowest BCUT2D eigenvalue weighted by Gasteiger charge is -2.23. The van der Waals surface area contributed by atoms with E-state index in [0.29, 0.717) is 23.5 Å². The average Bonchev–Trinajstić information content (AvgIpc) is 2.62. The molecule has 1 rings (SSSR count). The quantitative estimate of drug-likeness (QED) is 0.844. The number of rotatable bonds is 6. The molecule has 0 unspecified atom stereocenters. The molecule has 0 bridgehead atoms. The number of hydrogen-bond acceptors (Lipinski definition) is 4. The van der Waals surface area contributed by atoms with Crippen molar-refractivity contribution in [2.75, 3.05) is 11.9 Å². The molecule has 0 aliphatic heterocycles. The molecule has 3 N–H and O–H groups in total. The summed E-state index contributed by atoms with van der Waals surface area (Å²) in [4.78, 5) is 13.1. The fourth-order valence-corrected chi connectivity index (χ4v) is 3.03. The second-order valence-corrected chi connectivity index (χ2v) is 7.07. The summed E-state index contributed by atoms with van der Waals surface area (Å²) in [6.07, 6.45) is 2.15. The van der Waals surface area contributed by atoms with Gasteiger partial charge in [0.25, 0.3) is 0 Å². The van der Waals surface area contributed by atoms with Crippen LogP contribution < -0.4 is 11.1 Å². The summed E-state index contributed by atoms with van der Waals surface area (Å²) in [7, 11) is 0. The minimum absolute atomic E-state index is 0.0344. The second-order valence-electron chi connectivity index (χ2n) is 5.85. The first-order chi connectivity index (χ1) is 9.30. The Bertz CT molecular complexity index is 526. The highest BCUT2D eigenvalue weighted by molar-refractivity contribution is 7.16. The van der Waals surface area contributed by atoms with E-state index in [9.17, 15) is 4.79 Å². The predicted molar refractivity (Wildman–Crippen MR) is 83.8 cm³/mol. The van der Waals surface area contributed by atoms with Crippen LogP contribution >= 0.6 is 11.3 Å². The highest BCUT2D eigenvalue weighted by Crippen LogP contribution is 2.32. The summed E-state index contributed by atoms with van der Waals surface area (Å²) in [6, 6.07) is 2.16. The van der Waals surface area contributed by atoms with Crippen LogP contribution in [0.2, 0.25) is 0 Å². The number of hydrogen-bond donors (Lipinski definition) is 2. The van der Waals surface area contributed by atoms with E-state index >= 15 is 0 Å². The van der Waals surface area contributed by atoms with Gasteiger partial charge >= 0.3 is 0 Å². The lowest BCUT2D eigenvalue weighted by Crippen LogP contribution is -2.20. The van der Waals surface area contributed by atoms with Gasteiger partial charge in [0, 0.05) is 11.3 Å². The molecule has 0 fully saturated rings. The van der Waals surface area contributed by atoms with Crippen LogP contribution in [-0.2, 0) is 4.79 Å². The normalized spacial score (nSPS) is 11.2. The Kier molecular flexibility index (Phi) is 5.73. The largest absolute Gasteiger partial charge is 0.330 e. The highest BCUT2D eigenvalue weighted by atomic mass is 32.1. The molecule has 1 aromatic rings. The minimum Gasteiger partial charge on any atom is -0.330 e. The second kappa shape index (κ2) is 6.87. The maximum atomic E-state index is 12.0. The van der Waals surface area contributed by atoms with Crippen LogP contribution in [0.4, 0.5) is 5.00 Å².